The normalized spacial score (nSPS) is 18.2. The summed E-state index contributed by atoms with van der Waals surface area (Å²) in [6, 6.07) is 0. The molecule has 2 unspecified atom stereocenters. The lowest BCUT2D eigenvalue weighted by molar-refractivity contribution is -0.0713. The molecule has 1 rings (SSSR count). The van der Waals surface area contributed by atoms with Crippen LogP contribution in [0.1, 0.15) is 129 Å². The van der Waals surface area contributed by atoms with Gasteiger partial charge in [-0.25, -0.2) is 9.59 Å². The van der Waals surface area contributed by atoms with Gasteiger partial charge < -0.3 is 18.9 Å². The predicted octanol–water partition coefficient (Wildman–Crippen LogP) is 8.11. The molecule has 0 amide bonds. The quantitative estimate of drug-likeness (QED) is 0.153. The van der Waals surface area contributed by atoms with E-state index in [4.69, 9.17) is 18.9 Å². The van der Waals surface area contributed by atoms with Gasteiger partial charge in [0.1, 0.15) is 12.2 Å². The summed E-state index contributed by atoms with van der Waals surface area (Å²) in [6.07, 6.45) is 17.4. The third-order valence-electron chi connectivity index (χ3n) is 6.07. The largest absolute Gasteiger partial charge is 0.508 e. The summed E-state index contributed by atoms with van der Waals surface area (Å²) in [5.41, 5.74) is 0. The zero-order chi connectivity index (χ0) is 23.3. The second kappa shape index (κ2) is 20.2. The van der Waals surface area contributed by atoms with Crippen molar-refractivity contribution in [1.82, 2.24) is 0 Å². The van der Waals surface area contributed by atoms with Crippen LogP contribution in [0, 0.1) is 0 Å². The second-order valence-corrected chi connectivity index (χ2v) is 9.04. The van der Waals surface area contributed by atoms with E-state index in [-0.39, 0.29) is 0 Å². The van der Waals surface area contributed by atoms with Crippen molar-refractivity contribution in [2.45, 2.75) is 142 Å². The van der Waals surface area contributed by atoms with Gasteiger partial charge >= 0.3 is 12.3 Å². The molecule has 6 nitrogen and oxygen atoms in total. The Labute approximate surface area is 196 Å². The average Bonchev–Trinajstić information content (AvgIpc) is 2.78. The van der Waals surface area contributed by atoms with E-state index in [2.05, 4.69) is 13.8 Å². The summed E-state index contributed by atoms with van der Waals surface area (Å²) in [6.45, 7) is 5.18. The Morgan fingerprint density at radius 3 is 1.28 bits per heavy atom. The molecule has 0 bridgehead atoms. The number of carbonyl (C=O) groups excluding carboxylic acids is 2. The van der Waals surface area contributed by atoms with Gasteiger partial charge in [0.15, 0.2) is 0 Å². The molecule has 188 valence electrons. The Balaban J connectivity index is 2.13. The molecule has 0 aliphatic heterocycles. The molecule has 0 aromatic carbocycles. The first-order valence-corrected chi connectivity index (χ1v) is 13.3. The lowest BCUT2D eigenvalue weighted by Gasteiger charge is -2.29. The van der Waals surface area contributed by atoms with E-state index in [0.717, 1.165) is 38.5 Å². The van der Waals surface area contributed by atoms with Crippen molar-refractivity contribution in [3.63, 3.8) is 0 Å². The molecule has 0 aromatic rings. The third-order valence-corrected chi connectivity index (χ3v) is 6.07. The van der Waals surface area contributed by atoms with Crippen LogP contribution >= 0.6 is 0 Å². The Hall–Kier alpha value is -1.46. The maximum atomic E-state index is 12.0. The van der Waals surface area contributed by atoms with Crippen molar-refractivity contribution < 1.29 is 28.5 Å². The van der Waals surface area contributed by atoms with Gasteiger partial charge in [-0.15, -0.1) is 0 Å². The number of rotatable bonds is 18. The fourth-order valence-corrected chi connectivity index (χ4v) is 4.08. The van der Waals surface area contributed by atoms with E-state index < -0.39 is 24.5 Å². The minimum atomic E-state index is -0.659. The topological polar surface area (TPSA) is 71.1 Å². The summed E-state index contributed by atoms with van der Waals surface area (Å²) in [5, 5.41) is 0. The summed E-state index contributed by atoms with van der Waals surface area (Å²) < 4.78 is 21.4. The van der Waals surface area contributed by atoms with E-state index >= 15 is 0 Å². The molecule has 1 aliphatic rings. The molecular weight excluding hydrogens is 408 g/mol. The summed E-state index contributed by atoms with van der Waals surface area (Å²) in [5.74, 6) is 0. The van der Waals surface area contributed by atoms with Crippen molar-refractivity contribution in [2.24, 2.45) is 0 Å². The van der Waals surface area contributed by atoms with E-state index in [9.17, 15) is 9.59 Å². The minimum absolute atomic E-state index is 0.380. The number of ether oxygens (including phenoxy) is 4. The highest BCUT2D eigenvalue weighted by Crippen LogP contribution is 2.25. The predicted molar refractivity (Wildman–Crippen MR) is 127 cm³/mol. The average molecular weight is 457 g/mol. The Morgan fingerprint density at radius 1 is 0.562 bits per heavy atom. The van der Waals surface area contributed by atoms with Gasteiger partial charge in [-0.1, -0.05) is 90.9 Å². The smallest absolute Gasteiger partial charge is 0.434 e. The minimum Gasteiger partial charge on any atom is -0.434 e. The Bertz CT molecular complexity index is 425. The highest BCUT2D eigenvalue weighted by Gasteiger charge is 2.32. The molecule has 0 heterocycles. The van der Waals surface area contributed by atoms with Crippen LogP contribution in [0.4, 0.5) is 9.59 Å². The molecule has 0 aromatic heterocycles. The van der Waals surface area contributed by atoms with Gasteiger partial charge in [-0.05, 0) is 38.5 Å². The molecule has 1 aliphatic carbocycles. The summed E-state index contributed by atoms with van der Waals surface area (Å²) in [7, 11) is 0. The lowest BCUT2D eigenvalue weighted by atomic mass is 9.95. The molecule has 2 atom stereocenters. The highest BCUT2D eigenvalue weighted by molar-refractivity contribution is 5.61. The number of hydrogen-bond donors (Lipinski definition) is 0. The monoisotopic (exact) mass is 456 g/mol. The van der Waals surface area contributed by atoms with Gasteiger partial charge in [0.05, 0.1) is 13.2 Å². The van der Waals surface area contributed by atoms with Crippen molar-refractivity contribution in [3.8, 4) is 0 Å². The standard InChI is InChI=1S/C26H48O6/c1-3-5-7-9-11-13-17-21-29-25(27)31-23-19-15-16-20-24(23)32-26(28)30-22-18-14-12-10-8-6-4-2/h23-24H,3-22H2,1-2H3. The number of unbranched alkanes of at least 4 members (excludes halogenated alkanes) is 12. The van der Waals surface area contributed by atoms with Crippen LogP contribution < -0.4 is 0 Å². The zero-order valence-corrected chi connectivity index (χ0v) is 20.7. The van der Waals surface area contributed by atoms with E-state index in [0.29, 0.717) is 26.1 Å². The summed E-state index contributed by atoms with van der Waals surface area (Å²) >= 11 is 0. The Kier molecular flexibility index (Phi) is 18.0. The number of carbonyl (C=O) groups is 2. The zero-order valence-electron chi connectivity index (χ0n) is 20.7. The SMILES string of the molecule is CCCCCCCCCOC(=O)OC1CCCCC1OC(=O)OCCCCCCCCC. The molecule has 6 heteroatoms. The summed E-state index contributed by atoms with van der Waals surface area (Å²) in [4.78, 5) is 24.1. The van der Waals surface area contributed by atoms with Crippen molar-refractivity contribution in [1.29, 1.82) is 0 Å². The number of hydrogen-bond acceptors (Lipinski definition) is 6. The van der Waals surface area contributed by atoms with Gasteiger partial charge in [-0.3, -0.25) is 0 Å². The highest BCUT2D eigenvalue weighted by atomic mass is 16.8. The van der Waals surface area contributed by atoms with Crippen LogP contribution in [0.5, 0.6) is 0 Å². The Morgan fingerprint density at radius 2 is 0.906 bits per heavy atom. The maximum absolute atomic E-state index is 12.0. The van der Waals surface area contributed by atoms with Gasteiger partial charge in [0, 0.05) is 0 Å². The van der Waals surface area contributed by atoms with Crippen LogP contribution in [0.3, 0.4) is 0 Å². The van der Waals surface area contributed by atoms with Crippen molar-refractivity contribution in [3.05, 3.63) is 0 Å². The van der Waals surface area contributed by atoms with Crippen LogP contribution in [-0.2, 0) is 18.9 Å². The molecule has 1 fully saturated rings. The fraction of sp³-hybridized carbons (Fsp3) is 0.923. The van der Waals surface area contributed by atoms with Crippen molar-refractivity contribution >= 4 is 12.3 Å². The molecule has 0 N–H and O–H groups in total. The van der Waals surface area contributed by atoms with Crippen LogP contribution in [-0.4, -0.2) is 37.7 Å². The van der Waals surface area contributed by atoms with Crippen LogP contribution in [0.15, 0.2) is 0 Å². The van der Waals surface area contributed by atoms with Gasteiger partial charge in [0.25, 0.3) is 0 Å². The fourth-order valence-electron chi connectivity index (χ4n) is 4.08. The third kappa shape index (κ3) is 15.4. The first-order chi connectivity index (χ1) is 15.7. The first-order valence-electron chi connectivity index (χ1n) is 13.3. The molecule has 0 spiro atoms. The van der Waals surface area contributed by atoms with Gasteiger partial charge in [0.2, 0.25) is 0 Å². The van der Waals surface area contributed by atoms with Gasteiger partial charge in [-0.2, -0.15) is 0 Å². The maximum Gasteiger partial charge on any atom is 0.508 e. The lowest BCUT2D eigenvalue weighted by Crippen LogP contribution is -2.38. The van der Waals surface area contributed by atoms with Crippen LogP contribution in [0.25, 0.3) is 0 Å². The van der Waals surface area contributed by atoms with E-state index in [1.54, 1.807) is 0 Å². The first kappa shape index (κ1) is 28.6. The van der Waals surface area contributed by atoms with E-state index in [1.165, 1.54) is 64.2 Å². The molecule has 0 saturated heterocycles. The van der Waals surface area contributed by atoms with E-state index in [1.807, 2.05) is 0 Å². The van der Waals surface area contributed by atoms with Crippen LogP contribution in [0.2, 0.25) is 0 Å². The molecule has 1 saturated carbocycles. The molecule has 32 heavy (non-hydrogen) atoms. The van der Waals surface area contributed by atoms with Crippen molar-refractivity contribution in [2.75, 3.05) is 13.2 Å². The second-order valence-electron chi connectivity index (χ2n) is 9.04. The molecule has 0 radical (unpaired) electrons. The molecular formula is C26H48O6.